The van der Waals surface area contributed by atoms with Gasteiger partial charge in [-0.25, -0.2) is 24.4 Å². The number of hydrogen-bond donors (Lipinski definition) is 8. The maximum atomic E-state index is 14.2. The van der Waals surface area contributed by atoms with Crippen LogP contribution in [0.15, 0.2) is 96.4 Å². The van der Waals surface area contributed by atoms with Crippen LogP contribution in [-0.2, 0) is 78.6 Å². The van der Waals surface area contributed by atoms with E-state index in [1.807, 2.05) is 40.8 Å². The number of benzene rings is 3. The zero-order chi connectivity index (χ0) is 76.5. The number of ether oxygens (including phenoxy) is 8. The molecule has 2 aromatic heterocycles. The summed E-state index contributed by atoms with van der Waals surface area (Å²) in [5.41, 5.74) is 3.35. The van der Waals surface area contributed by atoms with Gasteiger partial charge in [-0.05, 0) is 123 Å². The van der Waals surface area contributed by atoms with Crippen LogP contribution in [0.3, 0.4) is 0 Å². The Bertz CT molecular complexity index is 4230. The van der Waals surface area contributed by atoms with E-state index in [1.54, 1.807) is 38.4 Å². The summed E-state index contributed by atoms with van der Waals surface area (Å²) in [6, 6.07) is 15.5. The molecular formula is C75H92N10O21S. The van der Waals surface area contributed by atoms with Crippen LogP contribution in [0.25, 0.3) is 15.8 Å². The number of thiazole rings is 1. The van der Waals surface area contributed by atoms with Gasteiger partial charge in [0, 0.05) is 124 Å². The van der Waals surface area contributed by atoms with E-state index in [2.05, 4.69) is 41.4 Å². The molecule has 1 saturated heterocycles. The van der Waals surface area contributed by atoms with Gasteiger partial charge in [0.25, 0.3) is 17.7 Å². The molecule has 2 unspecified atom stereocenters. The third-order valence-corrected chi connectivity index (χ3v) is 21.4. The highest BCUT2D eigenvalue weighted by Gasteiger charge is 2.66. The first kappa shape index (κ1) is 78.4. The van der Waals surface area contributed by atoms with Crippen molar-refractivity contribution in [3.8, 4) is 17.2 Å². The number of imide groups is 1. The molecule has 12 rings (SSSR count). The maximum absolute atomic E-state index is 14.2. The highest BCUT2D eigenvalue weighted by molar-refractivity contribution is 7.22. The number of carboxylic acids is 2. The number of carboxylic acid groups (broad SMARTS) is 2. The maximum Gasteiger partial charge on any atom is 0.410 e. The summed E-state index contributed by atoms with van der Waals surface area (Å²) >= 11 is 1.38. The van der Waals surface area contributed by atoms with E-state index in [4.69, 9.17) is 48.0 Å². The van der Waals surface area contributed by atoms with Gasteiger partial charge >= 0.3 is 18.0 Å². The fraction of sp³-hybridized carbons (Fsp3) is 0.507. The fourth-order valence-electron chi connectivity index (χ4n) is 16.7. The summed E-state index contributed by atoms with van der Waals surface area (Å²) in [4.78, 5) is 115. The number of nitrogens with one attached hydrogen (secondary N) is 3. The minimum atomic E-state index is -1.96. The molecule has 32 heteroatoms. The fourth-order valence-corrected chi connectivity index (χ4v) is 17.5. The Hall–Kier alpha value is -9.67. The second kappa shape index (κ2) is 33.6. The molecule has 7 aliphatic rings. The van der Waals surface area contributed by atoms with Crippen molar-refractivity contribution in [1.82, 2.24) is 40.1 Å². The largest absolute Gasteiger partial charge is 0.496 e. The molecule has 3 aromatic carbocycles. The van der Waals surface area contributed by atoms with E-state index >= 15 is 0 Å². The summed E-state index contributed by atoms with van der Waals surface area (Å²) in [5, 5.41) is 65.7. The van der Waals surface area contributed by atoms with Crippen molar-refractivity contribution in [2.45, 2.75) is 141 Å². The molecule has 0 radical (unpaired) electrons. The van der Waals surface area contributed by atoms with Gasteiger partial charge in [-0.15, -0.1) is 0 Å². The smallest absolute Gasteiger partial charge is 0.410 e. The number of amides is 6. The first-order chi connectivity index (χ1) is 51.1. The normalized spacial score (nSPS) is 24.5. The number of aliphatic imine (C=N–C) groups is 1. The minimum absolute atomic E-state index is 0.00681. The quantitative estimate of drug-likeness (QED) is 0.0140. The third kappa shape index (κ3) is 18.3. The van der Waals surface area contributed by atoms with Crippen LogP contribution in [0.2, 0.25) is 0 Å². The number of methoxy groups -OCH3 is 2. The van der Waals surface area contributed by atoms with Crippen molar-refractivity contribution in [1.29, 1.82) is 0 Å². The van der Waals surface area contributed by atoms with Gasteiger partial charge in [0.2, 0.25) is 18.1 Å². The van der Waals surface area contributed by atoms with Crippen LogP contribution in [0, 0.1) is 23.2 Å². The lowest BCUT2D eigenvalue weighted by molar-refractivity contribution is -0.271. The molecule has 7 atom stereocenters. The summed E-state index contributed by atoms with van der Waals surface area (Å²) in [6.07, 6.45) is 0.981. The Labute approximate surface area is 621 Å². The standard InChI is InChI=1S/C75H92N10O21S/c1-8-56(83-24-20-48-51(35-83)49(15-16-53(48)100-7)66(93)81-70-79-52-11-9-10-12-55(52)107-70)80-61(67(94)95)44(2)50-34-78-85(45(50)3)43-74-38-72(4)37-73(5,39-74)41-75(40-72,42-74)104-30-27-82(26-29-99-6)71(98)103-36-46-13-14-47(105-69-64(92)62(90)63(91)65(106-69)68(96)97)33-54(46)102-32-31-101-28-23-77-57(86)19-22-76-58(87)21-25-84-59(88)17-18-60(84)89/h8-18,33-34,62-65,69,90-92H,2,19-32,35-43H2,1,3-7H3,(H,76,87)(H,77,86)(H,94,95)(H,96,97)(H,79,81,93)/b56-8+,80-61?/t62-,63-,64+,65-,69+,72?,73?,74?,75?/m0/s1. The lowest BCUT2D eigenvalue weighted by atomic mass is 9.39. The summed E-state index contributed by atoms with van der Waals surface area (Å²) < 4.78 is 50.1. The zero-order valence-electron chi connectivity index (χ0n) is 60.7. The van der Waals surface area contributed by atoms with Gasteiger partial charge in [-0.3, -0.25) is 38.9 Å². The lowest BCUT2D eigenvalue weighted by Crippen LogP contribution is -2.64. The van der Waals surface area contributed by atoms with Crippen molar-refractivity contribution >= 4 is 85.5 Å². The van der Waals surface area contributed by atoms with Crippen LogP contribution in [-0.4, -0.2) is 231 Å². The highest BCUT2D eigenvalue weighted by atomic mass is 32.1. The Morgan fingerprint density at radius 3 is 2.26 bits per heavy atom. The Kier molecular flexibility index (Phi) is 24.6. The first-order valence-corrected chi connectivity index (χ1v) is 36.3. The van der Waals surface area contributed by atoms with Crippen LogP contribution in [0.4, 0.5) is 9.93 Å². The lowest BCUT2D eigenvalue weighted by Gasteiger charge is -2.69. The second-order valence-corrected chi connectivity index (χ2v) is 29.8. The molecule has 8 N–H and O–H groups in total. The summed E-state index contributed by atoms with van der Waals surface area (Å²) in [7, 11) is 3.11. The van der Waals surface area contributed by atoms with Crippen LogP contribution in [0.5, 0.6) is 17.2 Å². The molecule has 5 heterocycles. The molecule has 4 bridgehead atoms. The van der Waals surface area contributed by atoms with E-state index in [0.29, 0.717) is 59.3 Å². The average molecular weight is 1500 g/mol. The monoisotopic (exact) mass is 1500 g/mol. The number of anilines is 1. The molecule has 107 heavy (non-hydrogen) atoms. The number of para-hydroxylation sites is 1. The number of fused-ring (bicyclic) bond motifs is 2. The van der Waals surface area contributed by atoms with Crippen LogP contribution >= 0.6 is 11.3 Å². The first-order valence-electron chi connectivity index (χ1n) is 35.5. The Morgan fingerprint density at radius 1 is 0.822 bits per heavy atom. The zero-order valence-corrected chi connectivity index (χ0v) is 61.5. The van der Waals surface area contributed by atoms with E-state index in [0.717, 1.165) is 76.2 Å². The van der Waals surface area contributed by atoms with E-state index in [-0.39, 0.29) is 143 Å². The number of rotatable bonds is 35. The highest BCUT2D eigenvalue weighted by Crippen LogP contribution is 2.72. The molecule has 31 nitrogen and oxygen atoms in total. The van der Waals surface area contributed by atoms with Crippen molar-refractivity contribution in [3.63, 3.8) is 0 Å². The van der Waals surface area contributed by atoms with Gasteiger partial charge in [-0.2, -0.15) is 5.10 Å². The molecule has 0 spiro atoms. The molecule has 574 valence electrons. The van der Waals surface area contributed by atoms with E-state index in [1.165, 1.54) is 41.5 Å². The number of aliphatic carboxylic acids is 2. The molecule has 6 amide bonds. The van der Waals surface area contributed by atoms with Crippen molar-refractivity contribution in [2.75, 3.05) is 91.8 Å². The summed E-state index contributed by atoms with van der Waals surface area (Å²) in [5.74, 6) is -3.89. The average Bonchev–Trinajstić information content (AvgIpc) is 1.43. The minimum Gasteiger partial charge on any atom is -0.496 e. The van der Waals surface area contributed by atoms with Crippen LogP contribution in [0.1, 0.15) is 110 Å². The van der Waals surface area contributed by atoms with Crippen molar-refractivity contribution in [3.05, 3.63) is 125 Å². The topological polar surface area (TPSA) is 400 Å². The molecule has 4 aliphatic carbocycles. The molecule has 5 fully saturated rings. The molecule has 3 aliphatic heterocycles. The van der Waals surface area contributed by atoms with E-state index in [9.17, 15) is 63.9 Å². The van der Waals surface area contributed by atoms with Gasteiger partial charge in [-0.1, -0.05) is 43.9 Å². The Balaban J connectivity index is 0.711. The second-order valence-electron chi connectivity index (χ2n) is 28.8. The number of hydrogen-bond acceptors (Lipinski definition) is 24. The van der Waals surface area contributed by atoms with Gasteiger partial charge in [0.05, 0.1) is 55.6 Å². The number of nitrogens with zero attached hydrogens (tertiary/aromatic N) is 7. The summed E-state index contributed by atoms with van der Waals surface area (Å²) in [6.45, 7) is 14.2. The molecule has 5 aromatic rings. The number of aromatic nitrogens is 3. The third-order valence-electron chi connectivity index (χ3n) is 20.4. The number of allylic oxidation sites excluding steroid dienone is 1. The number of aliphatic hydroxyl groups excluding tert-OH is 3. The van der Waals surface area contributed by atoms with E-state index < -0.39 is 72.1 Å². The predicted molar refractivity (Wildman–Crippen MR) is 387 cm³/mol. The predicted octanol–water partition coefficient (Wildman–Crippen LogP) is 5.55. The molecular weight excluding hydrogens is 1410 g/mol. The molecule has 4 saturated carbocycles. The van der Waals surface area contributed by atoms with Gasteiger partial charge in [0.15, 0.2) is 16.9 Å². The van der Waals surface area contributed by atoms with Gasteiger partial charge < -0.3 is 83.9 Å². The van der Waals surface area contributed by atoms with Crippen molar-refractivity contribution < 1.29 is 102 Å². The number of carbonyl (C=O) groups is 8. The number of carbonyl (C=O) groups excluding carboxylic acids is 6. The Morgan fingerprint density at radius 2 is 1.55 bits per heavy atom. The number of aliphatic hydroxyl groups is 3. The van der Waals surface area contributed by atoms with Gasteiger partial charge in [0.1, 0.15) is 54.6 Å². The van der Waals surface area contributed by atoms with Crippen molar-refractivity contribution in [2.24, 2.45) is 21.2 Å². The van der Waals surface area contributed by atoms with Crippen LogP contribution < -0.4 is 30.2 Å². The SMILES string of the molecule is C=C(C(=N/C(=C\C)N1CCc2c(OC)ccc(C(=O)Nc3nc4ccccc4s3)c2C1)C(=O)O)c1cnn(CC23CC4(C)CC(C)(C2)CC(OCCN(CCOC)C(=O)OCc2ccc(O[C@@H]5O[C@H](C(=O)O)[C@@H](O)[C@H](O)[C@H]5O)cc2OCCOCCNC(=O)CCNC(=O)CCN2C(=O)C=CC2=O)(C4)C3)c1C.